The molecule has 0 aromatic carbocycles. The molecule has 2 aromatic heterocycles. The highest BCUT2D eigenvalue weighted by Crippen LogP contribution is 2.27. The number of nitrogens with zero attached hydrogens (tertiary/aromatic N) is 4. The van der Waals surface area contributed by atoms with Crippen LogP contribution in [0.1, 0.15) is 18.5 Å². The van der Waals surface area contributed by atoms with Crippen LogP contribution >= 0.6 is 12.4 Å². The Morgan fingerprint density at radius 2 is 2.26 bits per heavy atom. The van der Waals surface area contributed by atoms with Crippen molar-refractivity contribution in [3.8, 4) is 0 Å². The minimum Gasteiger partial charge on any atom is -0.336 e. The zero-order chi connectivity index (χ0) is 15.6. The van der Waals surface area contributed by atoms with Gasteiger partial charge in [0.25, 0.3) is 10.0 Å². The molecule has 0 saturated carbocycles. The Hall–Kier alpha value is -1.48. The van der Waals surface area contributed by atoms with Gasteiger partial charge in [0.2, 0.25) is 0 Å². The Kier molecular flexibility index (Phi) is 5.74. The summed E-state index contributed by atoms with van der Waals surface area (Å²) in [5.41, 5.74) is 0.883. The maximum Gasteiger partial charge on any atom is 0.262 e. The van der Waals surface area contributed by atoms with Gasteiger partial charge in [-0.25, -0.2) is 13.4 Å². The fourth-order valence-electron chi connectivity index (χ4n) is 2.60. The van der Waals surface area contributed by atoms with Crippen molar-refractivity contribution in [2.75, 3.05) is 19.6 Å². The monoisotopic (exact) mass is 357 g/mol. The number of imidazole rings is 1. The average Bonchev–Trinajstić information content (AvgIpc) is 3.06. The van der Waals surface area contributed by atoms with Crippen molar-refractivity contribution >= 4 is 22.4 Å². The van der Waals surface area contributed by atoms with E-state index < -0.39 is 10.0 Å². The van der Waals surface area contributed by atoms with Gasteiger partial charge < -0.3 is 9.88 Å². The molecule has 2 aromatic rings. The van der Waals surface area contributed by atoms with E-state index >= 15 is 0 Å². The van der Waals surface area contributed by atoms with Crippen LogP contribution in [-0.4, -0.2) is 46.9 Å². The van der Waals surface area contributed by atoms with Crippen LogP contribution in [0.3, 0.4) is 0 Å². The molecule has 1 N–H and O–H groups in total. The van der Waals surface area contributed by atoms with Crippen molar-refractivity contribution in [2.24, 2.45) is 0 Å². The summed E-state index contributed by atoms with van der Waals surface area (Å²) in [6.07, 6.45) is 6.53. The Morgan fingerprint density at radius 1 is 1.43 bits per heavy atom. The smallest absolute Gasteiger partial charge is 0.262 e. The lowest BCUT2D eigenvalue weighted by Crippen LogP contribution is -2.48. The van der Waals surface area contributed by atoms with E-state index in [1.807, 2.05) is 19.1 Å². The number of piperazine rings is 1. The first-order valence-corrected chi connectivity index (χ1v) is 8.71. The van der Waals surface area contributed by atoms with E-state index in [1.165, 1.54) is 4.31 Å². The van der Waals surface area contributed by atoms with Gasteiger partial charge in [-0.2, -0.15) is 4.31 Å². The molecule has 1 aliphatic rings. The van der Waals surface area contributed by atoms with Gasteiger partial charge in [-0.05, 0) is 18.6 Å². The molecule has 7 nitrogen and oxygen atoms in total. The normalized spacial score (nSPS) is 19.3. The highest BCUT2D eigenvalue weighted by atomic mass is 35.5. The molecule has 0 spiro atoms. The van der Waals surface area contributed by atoms with E-state index in [0.29, 0.717) is 26.2 Å². The highest BCUT2D eigenvalue weighted by molar-refractivity contribution is 7.89. The number of hydrogen-bond donors (Lipinski definition) is 1. The van der Waals surface area contributed by atoms with Gasteiger partial charge in [-0.3, -0.25) is 4.98 Å². The summed E-state index contributed by atoms with van der Waals surface area (Å²) in [5.74, 6) is 0. The zero-order valence-electron chi connectivity index (χ0n) is 12.8. The summed E-state index contributed by atoms with van der Waals surface area (Å²) in [6, 6.07) is 3.46. The standard InChI is InChI=1S/C14H19N5O2S.ClH/c1-2-18-10-14(17-11-18)22(20,21)19-7-6-16-9-13(19)12-4-3-5-15-8-12;/h3-5,8,10-11,13,16H,2,6-7,9H2,1H3;1H. The van der Waals surface area contributed by atoms with Crippen molar-refractivity contribution < 1.29 is 8.42 Å². The van der Waals surface area contributed by atoms with Gasteiger partial charge in [-0.15, -0.1) is 12.4 Å². The second-order valence-electron chi connectivity index (χ2n) is 5.16. The molecule has 1 aliphatic heterocycles. The van der Waals surface area contributed by atoms with Gasteiger partial charge in [0.05, 0.1) is 12.4 Å². The average molecular weight is 358 g/mol. The van der Waals surface area contributed by atoms with E-state index in [1.54, 1.807) is 29.5 Å². The van der Waals surface area contributed by atoms with E-state index in [9.17, 15) is 8.42 Å². The molecule has 1 fully saturated rings. The fourth-order valence-corrected chi connectivity index (χ4v) is 4.15. The third-order valence-corrected chi connectivity index (χ3v) is 5.61. The molecule has 3 rings (SSSR count). The molecule has 1 unspecified atom stereocenters. The predicted octanol–water partition coefficient (Wildman–Crippen LogP) is 1.05. The minimum atomic E-state index is -3.62. The summed E-state index contributed by atoms with van der Waals surface area (Å²) in [6.45, 7) is 4.25. The van der Waals surface area contributed by atoms with Crippen molar-refractivity contribution in [1.82, 2.24) is 24.2 Å². The van der Waals surface area contributed by atoms with Crippen LogP contribution in [0.25, 0.3) is 0 Å². The van der Waals surface area contributed by atoms with E-state index in [0.717, 1.165) is 5.56 Å². The number of rotatable bonds is 4. The fraction of sp³-hybridized carbons (Fsp3) is 0.429. The summed E-state index contributed by atoms with van der Waals surface area (Å²) in [7, 11) is -3.62. The molecule has 1 atom stereocenters. The molecule has 3 heterocycles. The first kappa shape index (κ1) is 17.9. The van der Waals surface area contributed by atoms with Crippen LogP contribution in [-0.2, 0) is 16.6 Å². The third kappa shape index (κ3) is 3.55. The quantitative estimate of drug-likeness (QED) is 0.884. The van der Waals surface area contributed by atoms with Crippen molar-refractivity contribution in [1.29, 1.82) is 0 Å². The zero-order valence-corrected chi connectivity index (χ0v) is 14.4. The van der Waals surface area contributed by atoms with Crippen LogP contribution in [0.2, 0.25) is 0 Å². The molecule has 126 valence electrons. The first-order chi connectivity index (χ1) is 10.6. The molecular formula is C14H20ClN5O2S. The molecular weight excluding hydrogens is 338 g/mol. The Bertz CT molecular complexity index is 735. The number of halogens is 1. The lowest BCUT2D eigenvalue weighted by molar-refractivity contribution is 0.270. The molecule has 0 radical (unpaired) electrons. The molecule has 9 heteroatoms. The second-order valence-corrected chi connectivity index (χ2v) is 7.00. The molecule has 0 bridgehead atoms. The third-order valence-electron chi connectivity index (χ3n) is 3.81. The van der Waals surface area contributed by atoms with Crippen LogP contribution in [0, 0.1) is 0 Å². The van der Waals surface area contributed by atoms with Gasteiger partial charge in [0, 0.05) is 44.8 Å². The van der Waals surface area contributed by atoms with Crippen molar-refractivity contribution in [3.05, 3.63) is 42.6 Å². The molecule has 0 aliphatic carbocycles. The maximum absolute atomic E-state index is 12.9. The molecule has 0 amide bonds. The maximum atomic E-state index is 12.9. The number of pyridine rings is 1. The SMILES string of the molecule is CCn1cnc(S(=O)(=O)N2CCNCC2c2cccnc2)c1.Cl. The predicted molar refractivity (Wildman–Crippen MR) is 88.9 cm³/mol. The summed E-state index contributed by atoms with van der Waals surface area (Å²) >= 11 is 0. The van der Waals surface area contributed by atoms with Crippen LogP contribution in [0.4, 0.5) is 0 Å². The van der Waals surface area contributed by atoms with Crippen LogP contribution in [0.15, 0.2) is 42.1 Å². The number of aromatic nitrogens is 3. The Balaban J connectivity index is 0.00000192. The highest BCUT2D eigenvalue weighted by Gasteiger charge is 2.35. The van der Waals surface area contributed by atoms with Crippen molar-refractivity contribution in [2.45, 2.75) is 24.5 Å². The van der Waals surface area contributed by atoms with E-state index in [-0.39, 0.29) is 23.5 Å². The van der Waals surface area contributed by atoms with Gasteiger partial charge in [0.1, 0.15) is 0 Å². The van der Waals surface area contributed by atoms with Gasteiger partial charge in [0.15, 0.2) is 5.03 Å². The summed E-state index contributed by atoms with van der Waals surface area (Å²) < 4.78 is 29.1. The second kappa shape index (κ2) is 7.39. The van der Waals surface area contributed by atoms with Gasteiger partial charge >= 0.3 is 0 Å². The lowest BCUT2D eigenvalue weighted by atomic mass is 10.1. The first-order valence-electron chi connectivity index (χ1n) is 7.27. The van der Waals surface area contributed by atoms with Crippen LogP contribution in [0.5, 0.6) is 0 Å². The summed E-state index contributed by atoms with van der Waals surface area (Å²) in [5, 5.41) is 3.35. The number of sulfonamides is 1. The van der Waals surface area contributed by atoms with Crippen molar-refractivity contribution in [3.63, 3.8) is 0 Å². The number of nitrogens with one attached hydrogen (secondary N) is 1. The Labute approximate surface area is 142 Å². The largest absolute Gasteiger partial charge is 0.336 e. The van der Waals surface area contributed by atoms with E-state index in [2.05, 4.69) is 15.3 Å². The lowest BCUT2D eigenvalue weighted by Gasteiger charge is -2.34. The molecule has 1 saturated heterocycles. The number of aryl methyl sites for hydroxylation is 1. The Morgan fingerprint density at radius 3 is 2.91 bits per heavy atom. The molecule has 23 heavy (non-hydrogen) atoms. The number of hydrogen-bond acceptors (Lipinski definition) is 5. The minimum absolute atomic E-state index is 0. The topological polar surface area (TPSA) is 80.1 Å². The van der Waals surface area contributed by atoms with Gasteiger partial charge in [-0.1, -0.05) is 6.07 Å². The summed E-state index contributed by atoms with van der Waals surface area (Å²) in [4.78, 5) is 8.16. The van der Waals surface area contributed by atoms with Crippen LogP contribution < -0.4 is 5.32 Å². The van der Waals surface area contributed by atoms with E-state index in [4.69, 9.17) is 0 Å².